The molecule has 0 heterocycles. The summed E-state index contributed by atoms with van der Waals surface area (Å²) in [6, 6.07) is 15.3. The first kappa shape index (κ1) is 14.6. The predicted molar refractivity (Wildman–Crippen MR) is 81.7 cm³/mol. The minimum Gasteiger partial charge on any atom is -0.366 e. The molecule has 1 atom stereocenters. The van der Waals surface area contributed by atoms with Crippen LogP contribution in [0.4, 0.5) is 0 Å². The third-order valence-electron chi connectivity index (χ3n) is 3.22. The number of primary amides is 1. The monoisotopic (exact) mass is 288 g/mol. The second kappa shape index (κ2) is 6.55. The van der Waals surface area contributed by atoms with Gasteiger partial charge < -0.3 is 11.1 Å². The number of hydrogen-bond acceptors (Lipinski definition) is 2. The van der Waals surface area contributed by atoms with E-state index in [9.17, 15) is 4.79 Å². The molecule has 0 saturated carbocycles. The molecule has 20 heavy (non-hydrogen) atoms. The van der Waals surface area contributed by atoms with E-state index in [1.54, 1.807) is 12.1 Å². The number of benzene rings is 2. The van der Waals surface area contributed by atoms with Crippen LogP contribution < -0.4 is 11.1 Å². The minimum absolute atomic E-state index is 0.225. The molecule has 0 aliphatic carbocycles. The summed E-state index contributed by atoms with van der Waals surface area (Å²) in [5.74, 6) is -0.404. The van der Waals surface area contributed by atoms with Crippen LogP contribution >= 0.6 is 11.6 Å². The SMILES string of the molecule is C[C@H](NCc1ccc(C(N)=O)cc1)c1ccc(Cl)cc1. The topological polar surface area (TPSA) is 55.1 Å². The Hall–Kier alpha value is -1.84. The first-order chi connectivity index (χ1) is 9.56. The molecule has 0 aliphatic rings. The maximum absolute atomic E-state index is 11.0. The standard InChI is InChI=1S/C16H17ClN2O/c1-11(13-6-8-15(17)9-7-13)19-10-12-2-4-14(5-3-12)16(18)20/h2-9,11,19H,10H2,1H3,(H2,18,20)/t11-/m0/s1. The van der Waals surface area contributed by atoms with Crippen LogP contribution in [-0.2, 0) is 6.54 Å². The number of nitrogens with one attached hydrogen (secondary N) is 1. The van der Waals surface area contributed by atoms with Crippen LogP contribution in [0.3, 0.4) is 0 Å². The molecule has 1 amide bonds. The fraction of sp³-hybridized carbons (Fsp3) is 0.188. The van der Waals surface area contributed by atoms with Crippen molar-refractivity contribution < 1.29 is 4.79 Å². The molecule has 0 radical (unpaired) electrons. The van der Waals surface area contributed by atoms with Gasteiger partial charge in [-0.25, -0.2) is 0 Å². The zero-order valence-corrected chi connectivity index (χ0v) is 12.0. The van der Waals surface area contributed by atoms with E-state index < -0.39 is 5.91 Å². The molecule has 0 fully saturated rings. The Morgan fingerprint density at radius 1 is 1.15 bits per heavy atom. The van der Waals surface area contributed by atoms with Gasteiger partial charge >= 0.3 is 0 Å². The van der Waals surface area contributed by atoms with Gasteiger partial charge in [0.1, 0.15) is 0 Å². The van der Waals surface area contributed by atoms with Gasteiger partial charge in [-0.2, -0.15) is 0 Å². The molecule has 0 saturated heterocycles. The van der Waals surface area contributed by atoms with E-state index in [1.165, 1.54) is 5.56 Å². The predicted octanol–water partition coefficient (Wildman–Crippen LogP) is 3.29. The van der Waals surface area contributed by atoms with Crippen LogP contribution in [0.2, 0.25) is 5.02 Å². The van der Waals surface area contributed by atoms with E-state index in [0.717, 1.165) is 17.1 Å². The van der Waals surface area contributed by atoms with Crippen molar-refractivity contribution in [2.75, 3.05) is 0 Å². The van der Waals surface area contributed by atoms with E-state index in [-0.39, 0.29) is 6.04 Å². The van der Waals surface area contributed by atoms with Crippen molar-refractivity contribution >= 4 is 17.5 Å². The molecule has 4 heteroatoms. The lowest BCUT2D eigenvalue weighted by molar-refractivity contribution is 0.100. The molecule has 2 aromatic carbocycles. The van der Waals surface area contributed by atoms with Crippen LogP contribution in [0, 0.1) is 0 Å². The number of halogens is 1. The zero-order chi connectivity index (χ0) is 14.5. The quantitative estimate of drug-likeness (QED) is 0.887. The number of nitrogens with two attached hydrogens (primary N) is 1. The summed E-state index contributed by atoms with van der Waals surface area (Å²) in [5, 5.41) is 4.16. The Bertz CT molecular complexity index is 578. The summed E-state index contributed by atoms with van der Waals surface area (Å²) in [4.78, 5) is 11.0. The van der Waals surface area contributed by atoms with Gasteiger partial charge in [0.15, 0.2) is 0 Å². The number of rotatable bonds is 5. The molecule has 3 N–H and O–H groups in total. The summed E-state index contributed by atoms with van der Waals surface area (Å²) >= 11 is 5.87. The van der Waals surface area contributed by atoms with Crippen molar-refractivity contribution in [3.63, 3.8) is 0 Å². The van der Waals surface area contributed by atoms with Crippen LogP contribution in [0.1, 0.15) is 34.5 Å². The largest absolute Gasteiger partial charge is 0.366 e. The fourth-order valence-electron chi connectivity index (χ4n) is 1.93. The molecule has 0 spiro atoms. The van der Waals surface area contributed by atoms with Crippen molar-refractivity contribution in [2.24, 2.45) is 5.73 Å². The molecule has 0 aromatic heterocycles. The molecular formula is C16H17ClN2O. The van der Waals surface area contributed by atoms with Gasteiger partial charge in [-0.3, -0.25) is 4.79 Å². The maximum atomic E-state index is 11.0. The highest BCUT2D eigenvalue weighted by atomic mass is 35.5. The second-order valence-corrected chi connectivity index (χ2v) is 5.15. The Labute approximate surface area is 123 Å². The summed E-state index contributed by atoms with van der Waals surface area (Å²) in [7, 11) is 0. The number of carbonyl (C=O) groups excluding carboxylic acids is 1. The first-order valence-electron chi connectivity index (χ1n) is 6.44. The summed E-state index contributed by atoms with van der Waals surface area (Å²) in [5.41, 5.74) is 8.03. The lowest BCUT2D eigenvalue weighted by Crippen LogP contribution is -2.18. The summed E-state index contributed by atoms with van der Waals surface area (Å²) < 4.78 is 0. The van der Waals surface area contributed by atoms with Gasteiger partial charge in [0.2, 0.25) is 5.91 Å². The molecule has 2 aromatic rings. The van der Waals surface area contributed by atoms with Gasteiger partial charge in [0.25, 0.3) is 0 Å². The highest BCUT2D eigenvalue weighted by Gasteiger charge is 2.05. The van der Waals surface area contributed by atoms with Gasteiger partial charge in [-0.05, 0) is 42.3 Å². The van der Waals surface area contributed by atoms with E-state index in [4.69, 9.17) is 17.3 Å². The van der Waals surface area contributed by atoms with Gasteiger partial charge in [-0.15, -0.1) is 0 Å². The molecule has 0 aliphatic heterocycles. The fourth-order valence-corrected chi connectivity index (χ4v) is 2.05. The van der Waals surface area contributed by atoms with Crippen molar-refractivity contribution in [3.05, 3.63) is 70.2 Å². The molecule has 104 valence electrons. The van der Waals surface area contributed by atoms with Crippen LogP contribution in [-0.4, -0.2) is 5.91 Å². The van der Waals surface area contributed by atoms with Crippen molar-refractivity contribution in [3.8, 4) is 0 Å². The van der Waals surface area contributed by atoms with E-state index in [2.05, 4.69) is 12.2 Å². The average Bonchev–Trinajstić information content (AvgIpc) is 2.46. The molecule has 0 bridgehead atoms. The van der Waals surface area contributed by atoms with Gasteiger partial charge in [-0.1, -0.05) is 35.9 Å². The van der Waals surface area contributed by atoms with E-state index >= 15 is 0 Å². The summed E-state index contributed by atoms with van der Waals surface area (Å²) in [6.45, 7) is 2.82. The number of amides is 1. The number of carbonyl (C=O) groups is 1. The zero-order valence-electron chi connectivity index (χ0n) is 11.3. The smallest absolute Gasteiger partial charge is 0.248 e. The van der Waals surface area contributed by atoms with Crippen LogP contribution in [0.15, 0.2) is 48.5 Å². The van der Waals surface area contributed by atoms with E-state index in [0.29, 0.717) is 5.56 Å². The Morgan fingerprint density at radius 3 is 2.30 bits per heavy atom. The Morgan fingerprint density at radius 2 is 1.75 bits per heavy atom. The van der Waals surface area contributed by atoms with Crippen LogP contribution in [0.5, 0.6) is 0 Å². The first-order valence-corrected chi connectivity index (χ1v) is 6.81. The number of hydrogen-bond donors (Lipinski definition) is 2. The average molecular weight is 289 g/mol. The third-order valence-corrected chi connectivity index (χ3v) is 3.47. The van der Waals surface area contributed by atoms with Crippen molar-refractivity contribution in [2.45, 2.75) is 19.5 Å². The Balaban J connectivity index is 1.94. The molecular weight excluding hydrogens is 272 g/mol. The molecule has 2 rings (SSSR count). The van der Waals surface area contributed by atoms with Gasteiger partial charge in [0.05, 0.1) is 0 Å². The van der Waals surface area contributed by atoms with Crippen LogP contribution in [0.25, 0.3) is 0 Å². The highest BCUT2D eigenvalue weighted by Crippen LogP contribution is 2.16. The van der Waals surface area contributed by atoms with Crippen molar-refractivity contribution in [1.29, 1.82) is 0 Å². The normalized spacial score (nSPS) is 12.1. The highest BCUT2D eigenvalue weighted by molar-refractivity contribution is 6.30. The summed E-state index contributed by atoms with van der Waals surface area (Å²) in [6.07, 6.45) is 0. The van der Waals surface area contributed by atoms with Gasteiger partial charge in [0, 0.05) is 23.2 Å². The lowest BCUT2D eigenvalue weighted by Gasteiger charge is -2.14. The second-order valence-electron chi connectivity index (χ2n) is 4.72. The maximum Gasteiger partial charge on any atom is 0.248 e. The van der Waals surface area contributed by atoms with E-state index in [1.807, 2.05) is 36.4 Å². The lowest BCUT2D eigenvalue weighted by atomic mass is 10.1. The molecule has 0 unspecified atom stereocenters. The van der Waals surface area contributed by atoms with Crippen molar-refractivity contribution in [1.82, 2.24) is 5.32 Å². The Kier molecular flexibility index (Phi) is 4.77. The third kappa shape index (κ3) is 3.83. The minimum atomic E-state index is -0.404. The molecule has 3 nitrogen and oxygen atoms in total.